The highest BCUT2D eigenvalue weighted by Gasteiger charge is 2.13. The molecule has 1 aromatic carbocycles. The van der Waals surface area contributed by atoms with E-state index in [2.05, 4.69) is 5.32 Å². The Morgan fingerprint density at radius 1 is 1.27 bits per heavy atom. The molecule has 6 nitrogen and oxygen atoms in total. The predicted molar refractivity (Wildman–Crippen MR) is 113 cm³/mol. The minimum absolute atomic E-state index is 0.0331. The molecule has 1 unspecified atom stereocenters. The van der Waals surface area contributed by atoms with Crippen molar-refractivity contribution < 1.29 is 18.4 Å². The Morgan fingerprint density at radius 2 is 2.00 bits per heavy atom. The van der Waals surface area contributed by atoms with Gasteiger partial charge in [0.15, 0.2) is 5.76 Å². The monoisotopic (exact) mass is 428 g/mol. The van der Waals surface area contributed by atoms with Crippen molar-refractivity contribution in [2.45, 2.75) is 32.9 Å². The fourth-order valence-electron chi connectivity index (χ4n) is 2.67. The molecular formula is C22H21FN2O4S. The first-order valence-electron chi connectivity index (χ1n) is 9.43. The smallest absolute Gasteiger partial charge is 0.269 e. The molecule has 0 bridgehead atoms. The summed E-state index contributed by atoms with van der Waals surface area (Å²) >= 11 is 1.08. The van der Waals surface area contributed by atoms with Gasteiger partial charge in [-0.15, -0.1) is 11.3 Å². The Hall–Kier alpha value is -3.26. The van der Waals surface area contributed by atoms with Crippen LogP contribution in [0.15, 0.2) is 51.9 Å². The van der Waals surface area contributed by atoms with Crippen molar-refractivity contribution in [3.63, 3.8) is 0 Å². The van der Waals surface area contributed by atoms with Crippen LogP contribution in [0.25, 0.3) is 12.2 Å². The van der Waals surface area contributed by atoms with Gasteiger partial charge in [-0.05, 0) is 49.2 Å². The topological polar surface area (TPSA) is 81.3 Å². The van der Waals surface area contributed by atoms with E-state index < -0.39 is 11.3 Å². The second-order valence-electron chi connectivity index (χ2n) is 6.75. The number of nitrogens with zero attached hydrogens (tertiary/aromatic N) is 1. The average Bonchev–Trinajstić information content (AvgIpc) is 3.35. The van der Waals surface area contributed by atoms with Gasteiger partial charge in [0, 0.05) is 12.1 Å². The van der Waals surface area contributed by atoms with Crippen LogP contribution >= 0.6 is 11.3 Å². The van der Waals surface area contributed by atoms with Crippen molar-refractivity contribution in [1.29, 1.82) is 0 Å². The summed E-state index contributed by atoms with van der Waals surface area (Å²) in [5.41, 5.74) is 0.233. The van der Waals surface area contributed by atoms with E-state index in [1.165, 1.54) is 35.1 Å². The van der Waals surface area contributed by atoms with E-state index in [-0.39, 0.29) is 30.1 Å². The number of thiazole rings is 1. The first kappa shape index (κ1) is 21.4. The number of benzene rings is 1. The lowest BCUT2D eigenvalue weighted by Crippen LogP contribution is -2.40. The molecule has 1 atom stereocenters. The summed E-state index contributed by atoms with van der Waals surface area (Å²) in [6.07, 6.45) is 5.02. The van der Waals surface area contributed by atoms with Crippen LogP contribution in [0.3, 0.4) is 0 Å². The Balaban J connectivity index is 2.07. The Labute approximate surface area is 176 Å². The molecule has 0 fully saturated rings. The summed E-state index contributed by atoms with van der Waals surface area (Å²) in [6, 6.07) is 8.77. The van der Waals surface area contributed by atoms with Crippen LogP contribution in [0.2, 0.25) is 0 Å². The van der Waals surface area contributed by atoms with Crippen LogP contribution in [-0.4, -0.2) is 22.3 Å². The average molecular weight is 428 g/mol. The maximum Gasteiger partial charge on any atom is 0.269 e. The number of furan rings is 1. The van der Waals surface area contributed by atoms with Crippen molar-refractivity contribution >= 4 is 35.2 Å². The summed E-state index contributed by atoms with van der Waals surface area (Å²) in [5.74, 6) is -0.977. The Kier molecular flexibility index (Phi) is 6.79. The van der Waals surface area contributed by atoms with Gasteiger partial charge in [-0.1, -0.05) is 19.1 Å². The highest BCUT2D eigenvalue weighted by molar-refractivity contribution is 7.07. The highest BCUT2D eigenvalue weighted by atomic mass is 32.1. The van der Waals surface area contributed by atoms with Crippen LogP contribution < -0.4 is 20.1 Å². The van der Waals surface area contributed by atoms with Gasteiger partial charge in [-0.25, -0.2) is 4.39 Å². The SMILES string of the molecule is CCC(C)NC(=O)Cn1c(=O)/c(=C\c2ccc(F)cc2)s/c1=C\C(=O)c1ccco1. The zero-order chi connectivity index (χ0) is 21.7. The van der Waals surface area contributed by atoms with Gasteiger partial charge in [0.1, 0.15) is 17.0 Å². The summed E-state index contributed by atoms with van der Waals surface area (Å²) in [7, 11) is 0. The molecule has 156 valence electrons. The maximum atomic E-state index is 13.2. The van der Waals surface area contributed by atoms with Crippen LogP contribution in [-0.2, 0) is 11.3 Å². The number of halogens is 1. The minimum Gasteiger partial charge on any atom is -0.461 e. The number of Topliss-reactive ketones (excluding diaryl/α,β-unsaturated/α-hetero) is 1. The van der Waals surface area contributed by atoms with Crippen LogP contribution in [0.5, 0.6) is 0 Å². The minimum atomic E-state index is -0.411. The molecule has 3 rings (SSSR count). The highest BCUT2D eigenvalue weighted by Crippen LogP contribution is 2.04. The predicted octanol–water partition coefficient (Wildman–Crippen LogP) is 2.05. The van der Waals surface area contributed by atoms with E-state index >= 15 is 0 Å². The van der Waals surface area contributed by atoms with E-state index in [0.29, 0.717) is 14.8 Å². The number of amides is 1. The van der Waals surface area contributed by atoms with E-state index in [1.807, 2.05) is 13.8 Å². The fourth-order valence-corrected chi connectivity index (χ4v) is 3.71. The molecule has 2 heterocycles. The second kappa shape index (κ2) is 9.49. The molecule has 1 amide bonds. The molecule has 0 saturated heterocycles. The summed E-state index contributed by atoms with van der Waals surface area (Å²) < 4.78 is 20.2. The molecule has 2 aromatic heterocycles. The van der Waals surface area contributed by atoms with Crippen molar-refractivity contribution in [2.75, 3.05) is 0 Å². The zero-order valence-corrected chi connectivity index (χ0v) is 17.4. The third-order valence-electron chi connectivity index (χ3n) is 4.44. The Morgan fingerprint density at radius 3 is 2.63 bits per heavy atom. The van der Waals surface area contributed by atoms with Gasteiger partial charge < -0.3 is 9.73 Å². The van der Waals surface area contributed by atoms with Crippen LogP contribution in [0.4, 0.5) is 4.39 Å². The van der Waals surface area contributed by atoms with E-state index in [4.69, 9.17) is 4.42 Å². The number of nitrogens with one attached hydrogen (secondary N) is 1. The standard InChI is InChI=1S/C22H21FN2O4S/c1-3-14(2)24-20(27)13-25-21(12-17(26)18-5-4-10-29-18)30-19(22(25)28)11-15-6-8-16(23)9-7-15/h4-12,14H,3,13H2,1-2H3,(H,24,27)/b19-11+,21-12-. The first-order valence-corrected chi connectivity index (χ1v) is 10.2. The summed E-state index contributed by atoms with van der Waals surface area (Å²) in [5, 5.41) is 2.82. The van der Waals surface area contributed by atoms with Gasteiger partial charge in [0.05, 0.1) is 10.8 Å². The number of carbonyl (C=O) groups excluding carboxylic acids is 2. The first-order chi connectivity index (χ1) is 14.4. The number of carbonyl (C=O) groups is 2. The molecular weight excluding hydrogens is 407 g/mol. The van der Waals surface area contributed by atoms with Gasteiger partial charge in [0.25, 0.3) is 5.56 Å². The molecule has 0 aliphatic rings. The number of ketones is 1. The molecule has 0 spiro atoms. The van der Waals surface area contributed by atoms with Crippen LogP contribution in [0.1, 0.15) is 36.4 Å². The fraction of sp³-hybridized carbons (Fsp3) is 0.227. The normalized spacial score (nSPS) is 13.4. The molecule has 3 aromatic rings. The van der Waals surface area contributed by atoms with Crippen LogP contribution in [0, 0.1) is 5.82 Å². The number of hydrogen-bond acceptors (Lipinski definition) is 5. The zero-order valence-electron chi connectivity index (χ0n) is 16.6. The third kappa shape index (κ3) is 5.21. The number of hydrogen-bond donors (Lipinski definition) is 1. The number of aromatic nitrogens is 1. The molecule has 0 radical (unpaired) electrons. The number of rotatable bonds is 7. The van der Waals surface area contributed by atoms with Crippen molar-refractivity contribution in [2.24, 2.45) is 0 Å². The molecule has 1 N–H and O–H groups in total. The van der Waals surface area contributed by atoms with Gasteiger partial charge >= 0.3 is 0 Å². The lowest BCUT2D eigenvalue weighted by atomic mass is 10.2. The molecule has 30 heavy (non-hydrogen) atoms. The van der Waals surface area contributed by atoms with Gasteiger partial charge in [0.2, 0.25) is 11.7 Å². The van der Waals surface area contributed by atoms with E-state index in [1.54, 1.807) is 24.3 Å². The van der Waals surface area contributed by atoms with E-state index in [9.17, 15) is 18.8 Å². The van der Waals surface area contributed by atoms with Crippen molar-refractivity contribution in [1.82, 2.24) is 9.88 Å². The van der Waals surface area contributed by atoms with Gasteiger partial charge in [-0.3, -0.25) is 19.0 Å². The molecule has 8 heteroatoms. The lowest BCUT2D eigenvalue weighted by Gasteiger charge is -2.11. The lowest BCUT2D eigenvalue weighted by molar-refractivity contribution is -0.122. The molecule has 0 saturated carbocycles. The van der Waals surface area contributed by atoms with Crippen molar-refractivity contribution in [3.8, 4) is 0 Å². The summed E-state index contributed by atoms with van der Waals surface area (Å²) in [6.45, 7) is 3.60. The summed E-state index contributed by atoms with van der Waals surface area (Å²) in [4.78, 5) is 37.8. The van der Waals surface area contributed by atoms with Crippen molar-refractivity contribution in [3.05, 3.63) is 79.4 Å². The van der Waals surface area contributed by atoms with Gasteiger partial charge in [-0.2, -0.15) is 0 Å². The largest absolute Gasteiger partial charge is 0.461 e. The molecule has 0 aliphatic carbocycles. The van der Waals surface area contributed by atoms with E-state index in [0.717, 1.165) is 17.8 Å². The Bertz CT molecular complexity index is 1210. The maximum absolute atomic E-state index is 13.2. The second-order valence-corrected chi connectivity index (χ2v) is 7.82. The molecule has 0 aliphatic heterocycles. The quantitative estimate of drug-likeness (QED) is 0.584. The third-order valence-corrected chi connectivity index (χ3v) is 5.50.